The van der Waals surface area contributed by atoms with Gasteiger partial charge in [0.15, 0.2) is 0 Å². The monoisotopic (exact) mass is 341 g/mol. The number of aromatic nitrogens is 3. The minimum atomic E-state index is 0.0107. The Morgan fingerprint density at radius 2 is 2.16 bits per heavy atom. The molecule has 134 valence electrons. The molecular weight excluding hydrogens is 314 g/mol. The molecule has 3 heterocycles. The molecule has 0 aromatic carbocycles. The molecule has 2 aromatic rings. The van der Waals surface area contributed by atoms with Crippen LogP contribution in [0.2, 0.25) is 0 Å². The molecule has 1 aliphatic rings. The first-order chi connectivity index (χ1) is 12.1. The first kappa shape index (κ1) is 17.6. The molecule has 2 aromatic heterocycles. The van der Waals surface area contributed by atoms with Crippen LogP contribution in [-0.4, -0.2) is 51.1 Å². The summed E-state index contributed by atoms with van der Waals surface area (Å²) < 4.78 is 1.84. The highest BCUT2D eigenvalue weighted by atomic mass is 16.2. The Kier molecular flexibility index (Phi) is 5.48. The Morgan fingerprint density at radius 1 is 1.32 bits per heavy atom. The molecule has 3 rings (SSSR count). The summed E-state index contributed by atoms with van der Waals surface area (Å²) in [6.07, 6.45) is 6.78. The highest BCUT2D eigenvalue weighted by molar-refractivity contribution is 5.92. The molecular formula is C19H27N5O. The van der Waals surface area contributed by atoms with E-state index in [1.54, 1.807) is 0 Å². The first-order valence-corrected chi connectivity index (χ1v) is 9.02. The van der Waals surface area contributed by atoms with E-state index in [1.165, 1.54) is 5.56 Å². The fourth-order valence-corrected chi connectivity index (χ4v) is 3.39. The molecule has 0 aliphatic carbocycles. The highest BCUT2D eigenvalue weighted by Crippen LogP contribution is 2.31. The van der Waals surface area contributed by atoms with E-state index in [9.17, 15) is 4.79 Å². The van der Waals surface area contributed by atoms with Gasteiger partial charge in [-0.25, -0.2) is 0 Å². The fourth-order valence-electron chi connectivity index (χ4n) is 3.39. The number of aryl methyl sites for hydroxylation is 1. The van der Waals surface area contributed by atoms with Gasteiger partial charge in [-0.3, -0.25) is 14.5 Å². The minimum absolute atomic E-state index is 0.0107. The van der Waals surface area contributed by atoms with Gasteiger partial charge in [0.2, 0.25) is 0 Å². The maximum absolute atomic E-state index is 12.9. The van der Waals surface area contributed by atoms with Crippen molar-refractivity contribution in [3.05, 3.63) is 47.5 Å². The Balaban J connectivity index is 1.74. The van der Waals surface area contributed by atoms with Gasteiger partial charge in [0.1, 0.15) is 5.69 Å². The van der Waals surface area contributed by atoms with Crippen molar-refractivity contribution in [1.82, 2.24) is 24.6 Å². The number of likely N-dealkylation sites (tertiary alicyclic amines) is 1. The van der Waals surface area contributed by atoms with Crippen molar-refractivity contribution < 1.29 is 4.79 Å². The number of carbonyl (C=O) groups is 1. The lowest BCUT2D eigenvalue weighted by atomic mass is 10.1. The van der Waals surface area contributed by atoms with Crippen molar-refractivity contribution in [2.75, 3.05) is 20.6 Å². The molecule has 1 atom stereocenters. The van der Waals surface area contributed by atoms with E-state index in [0.29, 0.717) is 5.69 Å². The van der Waals surface area contributed by atoms with Gasteiger partial charge in [0, 0.05) is 32.0 Å². The standard InChI is InChI=1S/C19H27N5O/c1-4-10-23-12-9-17(21-23)19(25)24-11-5-6-18(24)16-8-7-15(13-20-16)14-22(2)3/h7-9,12-13,18H,4-6,10-11,14H2,1-3H3/t18-/m0/s1. The van der Waals surface area contributed by atoms with Gasteiger partial charge >= 0.3 is 0 Å². The summed E-state index contributed by atoms with van der Waals surface area (Å²) in [5.74, 6) is 0.0107. The normalized spacial score (nSPS) is 17.4. The average Bonchev–Trinajstić information content (AvgIpc) is 3.24. The van der Waals surface area contributed by atoms with E-state index in [4.69, 9.17) is 0 Å². The molecule has 25 heavy (non-hydrogen) atoms. The van der Waals surface area contributed by atoms with Gasteiger partial charge in [0.25, 0.3) is 5.91 Å². The maximum atomic E-state index is 12.9. The number of rotatable bonds is 6. The van der Waals surface area contributed by atoms with Crippen LogP contribution in [0.15, 0.2) is 30.6 Å². The van der Waals surface area contributed by atoms with Gasteiger partial charge in [-0.2, -0.15) is 5.10 Å². The third kappa shape index (κ3) is 4.07. The number of hydrogen-bond acceptors (Lipinski definition) is 4. The smallest absolute Gasteiger partial charge is 0.274 e. The summed E-state index contributed by atoms with van der Waals surface area (Å²) >= 11 is 0. The van der Waals surface area contributed by atoms with Gasteiger partial charge in [-0.1, -0.05) is 13.0 Å². The lowest BCUT2D eigenvalue weighted by Gasteiger charge is -2.23. The quantitative estimate of drug-likeness (QED) is 0.811. The zero-order valence-corrected chi connectivity index (χ0v) is 15.4. The second-order valence-corrected chi connectivity index (χ2v) is 6.95. The van der Waals surface area contributed by atoms with E-state index in [-0.39, 0.29) is 11.9 Å². The zero-order valence-electron chi connectivity index (χ0n) is 15.4. The van der Waals surface area contributed by atoms with Crippen LogP contribution in [0.3, 0.4) is 0 Å². The molecule has 1 amide bonds. The minimum Gasteiger partial charge on any atom is -0.329 e. The molecule has 0 spiro atoms. The SMILES string of the molecule is CCCn1ccc(C(=O)N2CCC[C@H]2c2ccc(CN(C)C)cn2)n1. The van der Waals surface area contributed by atoms with E-state index >= 15 is 0 Å². The number of pyridine rings is 1. The topological polar surface area (TPSA) is 54.3 Å². The van der Waals surface area contributed by atoms with Crippen LogP contribution in [0.25, 0.3) is 0 Å². The zero-order chi connectivity index (χ0) is 17.8. The summed E-state index contributed by atoms with van der Waals surface area (Å²) in [6, 6.07) is 6.04. The molecule has 1 aliphatic heterocycles. The third-order valence-electron chi connectivity index (χ3n) is 4.51. The second-order valence-electron chi connectivity index (χ2n) is 6.95. The lowest BCUT2D eigenvalue weighted by Crippen LogP contribution is -2.31. The highest BCUT2D eigenvalue weighted by Gasteiger charge is 2.32. The Labute approximate surface area is 149 Å². The largest absolute Gasteiger partial charge is 0.329 e. The summed E-state index contributed by atoms with van der Waals surface area (Å²) in [6.45, 7) is 4.58. The molecule has 6 heteroatoms. The van der Waals surface area contributed by atoms with Crippen LogP contribution in [-0.2, 0) is 13.1 Å². The van der Waals surface area contributed by atoms with Crippen LogP contribution in [0.5, 0.6) is 0 Å². The van der Waals surface area contributed by atoms with Gasteiger partial charge in [-0.05, 0) is 51.1 Å². The van der Waals surface area contributed by atoms with Crippen LogP contribution in [0, 0.1) is 0 Å². The Morgan fingerprint density at radius 3 is 2.84 bits per heavy atom. The third-order valence-corrected chi connectivity index (χ3v) is 4.51. The molecule has 0 N–H and O–H groups in total. The van der Waals surface area contributed by atoms with Crippen molar-refractivity contribution in [3.63, 3.8) is 0 Å². The number of carbonyl (C=O) groups excluding carboxylic acids is 1. The molecule has 0 unspecified atom stereocenters. The number of nitrogens with zero attached hydrogens (tertiary/aromatic N) is 5. The van der Waals surface area contributed by atoms with Crippen LogP contribution < -0.4 is 0 Å². The molecule has 1 saturated heterocycles. The molecule has 1 fully saturated rings. The average molecular weight is 341 g/mol. The summed E-state index contributed by atoms with van der Waals surface area (Å²) in [7, 11) is 4.09. The molecule has 0 saturated carbocycles. The Hall–Kier alpha value is -2.21. The molecule has 0 radical (unpaired) electrons. The van der Waals surface area contributed by atoms with Crippen molar-refractivity contribution >= 4 is 5.91 Å². The van der Waals surface area contributed by atoms with E-state index in [2.05, 4.69) is 34.0 Å². The summed E-state index contributed by atoms with van der Waals surface area (Å²) in [5.41, 5.74) is 2.69. The summed E-state index contributed by atoms with van der Waals surface area (Å²) in [5, 5.41) is 4.42. The number of hydrogen-bond donors (Lipinski definition) is 0. The van der Waals surface area contributed by atoms with Crippen LogP contribution in [0.4, 0.5) is 0 Å². The van der Waals surface area contributed by atoms with Gasteiger partial charge in [0.05, 0.1) is 11.7 Å². The second kappa shape index (κ2) is 7.78. The summed E-state index contributed by atoms with van der Waals surface area (Å²) in [4.78, 5) is 21.5. The van der Waals surface area contributed by atoms with Gasteiger partial charge < -0.3 is 9.80 Å². The number of amides is 1. The van der Waals surface area contributed by atoms with Crippen molar-refractivity contribution in [2.45, 2.75) is 45.3 Å². The molecule has 0 bridgehead atoms. The first-order valence-electron chi connectivity index (χ1n) is 9.02. The molecule has 6 nitrogen and oxygen atoms in total. The van der Waals surface area contributed by atoms with E-state index in [0.717, 1.165) is 44.6 Å². The predicted octanol–water partition coefficient (Wildman–Crippen LogP) is 2.73. The maximum Gasteiger partial charge on any atom is 0.274 e. The van der Waals surface area contributed by atoms with Crippen molar-refractivity contribution in [2.24, 2.45) is 0 Å². The van der Waals surface area contributed by atoms with Gasteiger partial charge in [-0.15, -0.1) is 0 Å². The predicted molar refractivity (Wildman–Crippen MR) is 97.2 cm³/mol. The fraction of sp³-hybridized carbons (Fsp3) is 0.526. The van der Waals surface area contributed by atoms with Crippen LogP contribution >= 0.6 is 0 Å². The Bertz CT molecular complexity index is 707. The van der Waals surface area contributed by atoms with Crippen molar-refractivity contribution in [3.8, 4) is 0 Å². The van der Waals surface area contributed by atoms with E-state index in [1.807, 2.05) is 42.1 Å². The lowest BCUT2D eigenvalue weighted by molar-refractivity contribution is 0.0726. The van der Waals surface area contributed by atoms with Crippen LogP contribution in [0.1, 0.15) is 54.0 Å². The van der Waals surface area contributed by atoms with Crippen molar-refractivity contribution in [1.29, 1.82) is 0 Å². The van der Waals surface area contributed by atoms with E-state index < -0.39 is 0 Å².